The average Bonchev–Trinajstić information content (AvgIpc) is 2.73. The third-order valence-electron chi connectivity index (χ3n) is 5.29. The molecule has 0 bridgehead atoms. The van der Waals surface area contributed by atoms with Gasteiger partial charge < -0.3 is 4.84 Å². The SMILES string of the molecule is O=C(ONOCCCCCNOOC(=O)C1CCCCC1)C1CCCCC1. The molecule has 0 atom stereocenters. The molecule has 27 heavy (non-hydrogen) atoms. The number of hydrogen-bond acceptors (Lipinski definition) is 8. The van der Waals surface area contributed by atoms with Crippen molar-refractivity contribution in [3.63, 3.8) is 0 Å². The summed E-state index contributed by atoms with van der Waals surface area (Å²) >= 11 is 0. The van der Waals surface area contributed by atoms with E-state index in [1.807, 2.05) is 0 Å². The van der Waals surface area contributed by atoms with Crippen molar-refractivity contribution < 1.29 is 29.1 Å². The van der Waals surface area contributed by atoms with Crippen molar-refractivity contribution in [3.8, 4) is 0 Å². The second-order valence-electron chi connectivity index (χ2n) is 7.46. The molecule has 0 aliphatic heterocycles. The van der Waals surface area contributed by atoms with Crippen LogP contribution in [0.4, 0.5) is 0 Å². The molecule has 0 radical (unpaired) electrons. The lowest BCUT2D eigenvalue weighted by molar-refractivity contribution is -0.312. The largest absolute Gasteiger partial charge is 0.347 e. The van der Waals surface area contributed by atoms with E-state index in [0.29, 0.717) is 13.2 Å². The summed E-state index contributed by atoms with van der Waals surface area (Å²) in [5, 5.41) is 0. The summed E-state index contributed by atoms with van der Waals surface area (Å²) in [5.41, 5.74) is 4.93. The van der Waals surface area contributed by atoms with E-state index >= 15 is 0 Å². The predicted molar refractivity (Wildman–Crippen MR) is 97.4 cm³/mol. The van der Waals surface area contributed by atoms with Crippen LogP contribution in [0.3, 0.4) is 0 Å². The fourth-order valence-electron chi connectivity index (χ4n) is 3.60. The molecule has 156 valence electrons. The van der Waals surface area contributed by atoms with Gasteiger partial charge in [-0.1, -0.05) is 43.5 Å². The highest BCUT2D eigenvalue weighted by Crippen LogP contribution is 2.25. The quantitative estimate of drug-likeness (QED) is 0.300. The van der Waals surface area contributed by atoms with Crippen LogP contribution in [0.5, 0.6) is 0 Å². The molecule has 0 saturated heterocycles. The number of nitrogens with one attached hydrogen (secondary N) is 2. The molecule has 0 aromatic rings. The Kier molecular flexibility index (Phi) is 11.3. The van der Waals surface area contributed by atoms with Crippen LogP contribution in [0, 0.1) is 11.8 Å². The van der Waals surface area contributed by atoms with Crippen molar-refractivity contribution >= 4 is 11.9 Å². The molecule has 2 aliphatic rings. The highest BCUT2D eigenvalue weighted by atomic mass is 17.3. The van der Waals surface area contributed by atoms with E-state index in [9.17, 15) is 9.59 Å². The minimum absolute atomic E-state index is 0.00754. The minimum Gasteiger partial charge on any atom is -0.345 e. The fraction of sp³-hybridized carbons (Fsp3) is 0.895. The Balaban J connectivity index is 1.32. The van der Waals surface area contributed by atoms with Gasteiger partial charge in [-0.2, -0.15) is 5.48 Å². The van der Waals surface area contributed by atoms with Gasteiger partial charge in [0.1, 0.15) is 0 Å². The minimum atomic E-state index is -0.274. The Morgan fingerprint density at radius 3 is 2.07 bits per heavy atom. The number of rotatable bonds is 12. The molecule has 0 unspecified atom stereocenters. The number of carbonyl (C=O) groups is 2. The summed E-state index contributed by atoms with van der Waals surface area (Å²) in [6.45, 7) is 1.04. The highest BCUT2D eigenvalue weighted by molar-refractivity contribution is 5.72. The van der Waals surface area contributed by atoms with E-state index in [0.717, 1.165) is 70.6 Å². The topological polar surface area (TPSA) is 95.1 Å². The van der Waals surface area contributed by atoms with Crippen molar-refractivity contribution in [3.05, 3.63) is 0 Å². The Labute approximate surface area is 161 Å². The Morgan fingerprint density at radius 2 is 1.41 bits per heavy atom. The lowest BCUT2D eigenvalue weighted by Gasteiger charge is -2.19. The van der Waals surface area contributed by atoms with E-state index in [1.165, 1.54) is 12.8 Å². The van der Waals surface area contributed by atoms with Gasteiger partial charge in [0, 0.05) is 6.54 Å². The Bertz CT molecular complexity index is 384. The van der Waals surface area contributed by atoms with Crippen molar-refractivity contribution in [1.29, 1.82) is 0 Å². The van der Waals surface area contributed by atoms with Crippen LogP contribution < -0.4 is 11.1 Å². The lowest BCUT2D eigenvalue weighted by atomic mass is 9.89. The molecule has 0 heterocycles. The van der Waals surface area contributed by atoms with Gasteiger partial charge in [-0.15, -0.1) is 0 Å². The molecule has 0 amide bonds. The van der Waals surface area contributed by atoms with E-state index in [4.69, 9.17) is 19.6 Å². The van der Waals surface area contributed by atoms with E-state index < -0.39 is 0 Å². The van der Waals surface area contributed by atoms with Crippen LogP contribution in [0.15, 0.2) is 0 Å². The van der Waals surface area contributed by atoms with Gasteiger partial charge >= 0.3 is 11.9 Å². The summed E-state index contributed by atoms with van der Waals surface area (Å²) in [5.74, 6) is -0.506. The van der Waals surface area contributed by atoms with Gasteiger partial charge in [-0.25, -0.2) is 9.59 Å². The van der Waals surface area contributed by atoms with Crippen LogP contribution in [-0.4, -0.2) is 25.1 Å². The highest BCUT2D eigenvalue weighted by Gasteiger charge is 2.24. The third kappa shape index (κ3) is 9.51. The molecule has 0 spiro atoms. The van der Waals surface area contributed by atoms with Crippen LogP contribution in [0.25, 0.3) is 0 Å². The molecule has 8 nitrogen and oxygen atoms in total. The van der Waals surface area contributed by atoms with Crippen LogP contribution in [0.1, 0.15) is 83.5 Å². The van der Waals surface area contributed by atoms with Gasteiger partial charge in [0.2, 0.25) is 0 Å². The molecule has 0 aromatic carbocycles. The molecule has 2 rings (SSSR count). The number of hydroxylamine groups is 1. The zero-order chi connectivity index (χ0) is 19.2. The Morgan fingerprint density at radius 1 is 0.778 bits per heavy atom. The zero-order valence-corrected chi connectivity index (χ0v) is 16.2. The van der Waals surface area contributed by atoms with Crippen LogP contribution in [0.2, 0.25) is 0 Å². The first-order chi connectivity index (χ1) is 13.3. The number of hydrogen-bond donors (Lipinski definition) is 2. The van der Waals surface area contributed by atoms with Gasteiger partial charge in [0.05, 0.1) is 18.4 Å². The summed E-state index contributed by atoms with van der Waals surface area (Å²) in [7, 11) is 0. The molecule has 8 heteroatoms. The predicted octanol–water partition coefficient (Wildman–Crippen LogP) is 3.28. The third-order valence-corrected chi connectivity index (χ3v) is 5.29. The summed E-state index contributed by atoms with van der Waals surface area (Å²) in [6, 6.07) is 0. The van der Waals surface area contributed by atoms with Crippen molar-refractivity contribution in [1.82, 2.24) is 11.1 Å². The maximum Gasteiger partial charge on any atom is 0.347 e. The van der Waals surface area contributed by atoms with Gasteiger partial charge in [-0.05, 0) is 50.6 Å². The molecular formula is C19H34N2O6. The first kappa shape index (κ1) is 22.1. The number of unbranched alkanes of at least 4 members (excludes halogenated alkanes) is 2. The second kappa shape index (κ2) is 13.9. The number of carbonyl (C=O) groups excluding carboxylic acids is 2. The van der Waals surface area contributed by atoms with Gasteiger partial charge in [0.25, 0.3) is 0 Å². The zero-order valence-electron chi connectivity index (χ0n) is 16.2. The second-order valence-corrected chi connectivity index (χ2v) is 7.46. The maximum absolute atomic E-state index is 11.8. The van der Waals surface area contributed by atoms with Crippen molar-refractivity contribution in [2.75, 3.05) is 13.2 Å². The van der Waals surface area contributed by atoms with E-state index in [-0.39, 0.29) is 23.8 Å². The van der Waals surface area contributed by atoms with Gasteiger partial charge in [0.15, 0.2) is 0 Å². The molecular weight excluding hydrogens is 352 g/mol. The van der Waals surface area contributed by atoms with Crippen molar-refractivity contribution in [2.24, 2.45) is 11.8 Å². The normalized spacial score (nSPS) is 19.0. The average molecular weight is 386 g/mol. The van der Waals surface area contributed by atoms with Crippen LogP contribution >= 0.6 is 0 Å². The smallest absolute Gasteiger partial charge is 0.345 e. The summed E-state index contributed by atoms with van der Waals surface area (Å²) < 4.78 is 0. The van der Waals surface area contributed by atoms with Crippen LogP contribution in [-0.2, 0) is 29.1 Å². The summed E-state index contributed by atoms with van der Waals surface area (Å²) in [6.07, 6.45) is 13.0. The van der Waals surface area contributed by atoms with Gasteiger partial charge in [-0.3, -0.25) is 9.73 Å². The molecule has 2 aliphatic carbocycles. The van der Waals surface area contributed by atoms with E-state index in [1.54, 1.807) is 0 Å². The molecule has 2 fully saturated rings. The fourth-order valence-corrected chi connectivity index (χ4v) is 3.60. The first-order valence-corrected chi connectivity index (χ1v) is 10.4. The Hall–Kier alpha value is -1.22. The lowest BCUT2D eigenvalue weighted by Crippen LogP contribution is -2.27. The van der Waals surface area contributed by atoms with Crippen molar-refractivity contribution in [2.45, 2.75) is 83.5 Å². The molecule has 2 saturated carbocycles. The summed E-state index contributed by atoms with van der Waals surface area (Å²) in [4.78, 5) is 43.1. The first-order valence-electron chi connectivity index (χ1n) is 10.4. The molecule has 2 N–H and O–H groups in total. The monoisotopic (exact) mass is 386 g/mol. The maximum atomic E-state index is 11.8. The molecule has 0 aromatic heterocycles. The van der Waals surface area contributed by atoms with E-state index in [2.05, 4.69) is 11.1 Å². The standard InChI is InChI=1S/C19H34N2O6/c22-18(16-10-4-1-5-11-16)25-21-24-15-9-3-8-14-20-27-26-19(23)17-12-6-2-7-13-17/h16-17,20-21H,1-15H2.